The Bertz CT molecular complexity index is 914. The van der Waals surface area contributed by atoms with Gasteiger partial charge in [0.25, 0.3) is 0 Å². The second-order valence-electron chi connectivity index (χ2n) is 8.67. The third-order valence-corrected chi connectivity index (χ3v) is 6.04. The van der Waals surface area contributed by atoms with Gasteiger partial charge in [-0.25, -0.2) is 0 Å². The van der Waals surface area contributed by atoms with Gasteiger partial charge in [0, 0.05) is 18.2 Å². The van der Waals surface area contributed by atoms with Crippen LogP contribution in [0.5, 0.6) is 5.75 Å². The number of aryl methyl sites for hydroxylation is 2. The number of rotatable bonds is 6. The number of ether oxygens (including phenoxy) is 2. The van der Waals surface area contributed by atoms with Crippen LogP contribution >= 0.6 is 11.6 Å². The van der Waals surface area contributed by atoms with Crippen LogP contribution in [0.4, 0.5) is 0 Å². The molecule has 0 aromatic heterocycles. The van der Waals surface area contributed by atoms with Crippen molar-refractivity contribution in [3.05, 3.63) is 100 Å². The predicted octanol–water partition coefficient (Wildman–Crippen LogP) is 8.04. The standard InChI is InChI=1S/C15H15ClO.C10H14O.C5H11N.C2H2/c1-11-3-5-12(6-4-11)15(17-2)13-7-9-14(16)10-8-13;1-3-4-9-5-7-10(11-2)8-6-9;1-5-3-2-4-6-5;1-2/h3-10,15H,1-2H3;5-8H,3-4H2,1-2H3;5-6H,2-4H2,1H3;1-2H. The summed E-state index contributed by atoms with van der Waals surface area (Å²) >= 11 is 5.89. The van der Waals surface area contributed by atoms with Gasteiger partial charge >= 0.3 is 0 Å². The second-order valence-corrected chi connectivity index (χ2v) is 9.11. The predicted molar refractivity (Wildman–Crippen MR) is 155 cm³/mol. The molecule has 0 amide bonds. The molecule has 2 atom stereocenters. The van der Waals surface area contributed by atoms with E-state index >= 15 is 0 Å². The minimum Gasteiger partial charge on any atom is -0.497 e. The Kier molecular flexibility index (Phi) is 16.1. The average Bonchev–Trinajstić information content (AvgIpc) is 3.40. The fourth-order valence-corrected chi connectivity index (χ4v) is 3.91. The van der Waals surface area contributed by atoms with Crippen molar-refractivity contribution in [3.8, 4) is 18.6 Å². The molecular weight excluding hydrogens is 466 g/mol. The van der Waals surface area contributed by atoms with Crippen molar-refractivity contribution < 1.29 is 9.47 Å². The zero-order valence-electron chi connectivity index (χ0n) is 22.5. The highest BCUT2D eigenvalue weighted by atomic mass is 35.5. The fourth-order valence-electron chi connectivity index (χ4n) is 3.78. The lowest BCUT2D eigenvalue weighted by molar-refractivity contribution is 0.136. The molecule has 1 aliphatic heterocycles. The molecule has 1 heterocycles. The van der Waals surface area contributed by atoms with E-state index in [0.29, 0.717) is 0 Å². The highest BCUT2D eigenvalue weighted by molar-refractivity contribution is 6.30. The van der Waals surface area contributed by atoms with Crippen LogP contribution in [-0.4, -0.2) is 26.8 Å². The van der Waals surface area contributed by atoms with E-state index in [9.17, 15) is 0 Å². The number of halogens is 1. The summed E-state index contributed by atoms with van der Waals surface area (Å²) in [5.74, 6) is 0.935. The molecule has 3 nitrogen and oxygen atoms in total. The summed E-state index contributed by atoms with van der Waals surface area (Å²) in [6, 6.07) is 25.2. The van der Waals surface area contributed by atoms with Gasteiger partial charge in [-0.3, -0.25) is 0 Å². The molecule has 0 spiro atoms. The first-order valence-electron chi connectivity index (χ1n) is 12.5. The first kappa shape index (κ1) is 31.3. The molecule has 0 aliphatic carbocycles. The molecule has 0 saturated carbocycles. The highest BCUT2D eigenvalue weighted by Gasteiger charge is 2.12. The van der Waals surface area contributed by atoms with E-state index in [1.54, 1.807) is 14.2 Å². The molecule has 1 saturated heterocycles. The van der Waals surface area contributed by atoms with E-state index in [1.165, 1.54) is 36.9 Å². The van der Waals surface area contributed by atoms with Crippen LogP contribution in [0.15, 0.2) is 72.8 Å². The van der Waals surface area contributed by atoms with Gasteiger partial charge in [-0.05, 0) is 80.6 Å². The zero-order valence-corrected chi connectivity index (χ0v) is 23.2. The van der Waals surface area contributed by atoms with Crippen molar-refractivity contribution >= 4 is 11.6 Å². The number of nitrogens with one attached hydrogen (secondary N) is 1. The number of hydrogen-bond acceptors (Lipinski definition) is 3. The minimum absolute atomic E-state index is 0.0344. The zero-order chi connectivity index (χ0) is 26.8. The number of benzene rings is 3. The summed E-state index contributed by atoms with van der Waals surface area (Å²) in [5.41, 5.74) is 4.90. The lowest BCUT2D eigenvalue weighted by Gasteiger charge is -2.16. The van der Waals surface area contributed by atoms with Crippen LogP contribution in [0.3, 0.4) is 0 Å². The molecule has 2 unspecified atom stereocenters. The summed E-state index contributed by atoms with van der Waals surface area (Å²) in [4.78, 5) is 0. The molecule has 4 heteroatoms. The van der Waals surface area contributed by atoms with Crippen molar-refractivity contribution in [1.82, 2.24) is 5.32 Å². The van der Waals surface area contributed by atoms with Crippen molar-refractivity contribution in [3.63, 3.8) is 0 Å². The Labute approximate surface area is 224 Å². The second kappa shape index (κ2) is 18.5. The monoisotopic (exact) mass is 507 g/mol. The fraction of sp³-hybridized carbons (Fsp3) is 0.375. The van der Waals surface area contributed by atoms with Gasteiger partial charge in [0.2, 0.25) is 0 Å². The van der Waals surface area contributed by atoms with Gasteiger partial charge in [0.05, 0.1) is 7.11 Å². The summed E-state index contributed by atoms with van der Waals surface area (Å²) in [6.45, 7) is 7.73. The van der Waals surface area contributed by atoms with E-state index in [2.05, 4.69) is 75.3 Å². The van der Waals surface area contributed by atoms with E-state index in [0.717, 1.165) is 34.4 Å². The molecule has 0 bridgehead atoms. The summed E-state index contributed by atoms with van der Waals surface area (Å²) < 4.78 is 10.6. The summed E-state index contributed by atoms with van der Waals surface area (Å²) in [7, 11) is 3.41. The van der Waals surface area contributed by atoms with Crippen molar-refractivity contribution in [1.29, 1.82) is 0 Å². The Hall–Kier alpha value is -2.77. The first-order chi connectivity index (χ1) is 17.5. The van der Waals surface area contributed by atoms with Gasteiger partial charge < -0.3 is 14.8 Å². The summed E-state index contributed by atoms with van der Waals surface area (Å²) in [6.07, 6.45) is 13.1. The van der Waals surface area contributed by atoms with Crippen molar-refractivity contribution in [2.24, 2.45) is 0 Å². The van der Waals surface area contributed by atoms with E-state index < -0.39 is 0 Å². The molecule has 1 fully saturated rings. The minimum atomic E-state index is -0.0344. The van der Waals surface area contributed by atoms with Crippen molar-refractivity contribution in [2.75, 3.05) is 20.8 Å². The van der Waals surface area contributed by atoms with Gasteiger partial charge in [0.1, 0.15) is 11.9 Å². The first-order valence-corrected chi connectivity index (χ1v) is 12.9. The van der Waals surface area contributed by atoms with E-state index in [-0.39, 0.29) is 6.10 Å². The van der Waals surface area contributed by atoms with Crippen LogP contribution in [0.25, 0.3) is 0 Å². The topological polar surface area (TPSA) is 30.5 Å². The molecule has 1 N–H and O–H groups in total. The Morgan fingerprint density at radius 2 is 1.47 bits per heavy atom. The van der Waals surface area contributed by atoms with Gasteiger partial charge in [-0.15, -0.1) is 12.8 Å². The van der Waals surface area contributed by atoms with Crippen LogP contribution < -0.4 is 10.1 Å². The van der Waals surface area contributed by atoms with Gasteiger partial charge in [-0.1, -0.05) is 79.0 Å². The quantitative estimate of drug-likeness (QED) is 0.342. The Balaban J connectivity index is 0.000000291. The third kappa shape index (κ3) is 11.8. The van der Waals surface area contributed by atoms with Crippen molar-refractivity contribution in [2.45, 2.75) is 58.6 Å². The average molecular weight is 508 g/mol. The molecule has 36 heavy (non-hydrogen) atoms. The molecule has 3 aromatic carbocycles. The molecular formula is C32H42ClNO2. The maximum atomic E-state index is 5.89. The van der Waals surface area contributed by atoms with E-state index in [1.807, 2.05) is 36.4 Å². The van der Waals surface area contributed by atoms with Gasteiger partial charge in [0.15, 0.2) is 0 Å². The Morgan fingerprint density at radius 3 is 1.86 bits per heavy atom. The highest BCUT2D eigenvalue weighted by Crippen LogP contribution is 2.26. The third-order valence-electron chi connectivity index (χ3n) is 5.79. The van der Waals surface area contributed by atoms with Crippen LogP contribution in [0.2, 0.25) is 5.02 Å². The SMILES string of the molecule is C#C.CC1CCCN1.CCCc1ccc(OC)cc1.COC(c1ccc(C)cc1)c1ccc(Cl)cc1. The molecule has 0 radical (unpaired) electrons. The normalized spacial score (nSPS) is 14.6. The molecule has 1 aliphatic rings. The smallest absolute Gasteiger partial charge is 0.118 e. The Morgan fingerprint density at radius 1 is 0.917 bits per heavy atom. The lowest BCUT2D eigenvalue weighted by atomic mass is 10.0. The maximum Gasteiger partial charge on any atom is 0.118 e. The van der Waals surface area contributed by atoms with E-state index in [4.69, 9.17) is 21.1 Å². The number of methoxy groups -OCH3 is 2. The van der Waals surface area contributed by atoms with Crippen LogP contribution in [0, 0.1) is 19.8 Å². The van der Waals surface area contributed by atoms with Crippen LogP contribution in [0.1, 0.15) is 61.5 Å². The number of hydrogen-bond donors (Lipinski definition) is 1. The number of terminal acetylenes is 1. The summed E-state index contributed by atoms with van der Waals surface area (Å²) in [5, 5.41) is 4.06. The molecule has 3 aromatic rings. The van der Waals surface area contributed by atoms with Crippen LogP contribution in [-0.2, 0) is 11.2 Å². The molecule has 194 valence electrons. The van der Waals surface area contributed by atoms with Gasteiger partial charge in [-0.2, -0.15) is 0 Å². The maximum absolute atomic E-state index is 5.89. The lowest BCUT2D eigenvalue weighted by Crippen LogP contribution is -2.16. The molecule has 4 rings (SSSR count). The largest absolute Gasteiger partial charge is 0.497 e.